The molecule has 130 valence electrons. The molecule has 0 spiro atoms. The Bertz CT molecular complexity index is 757. The molecule has 2 aliphatic rings. The quantitative estimate of drug-likeness (QED) is 0.895. The molecule has 2 aromatic rings. The molecule has 1 aromatic heterocycles. The number of hydrogen-bond acceptors (Lipinski definition) is 3. The van der Waals surface area contributed by atoms with Gasteiger partial charge in [0.1, 0.15) is 0 Å². The van der Waals surface area contributed by atoms with Crippen LogP contribution in [0.1, 0.15) is 36.6 Å². The van der Waals surface area contributed by atoms with Gasteiger partial charge in [-0.25, -0.2) is 4.79 Å². The van der Waals surface area contributed by atoms with Gasteiger partial charge in [-0.05, 0) is 55.0 Å². The summed E-state index contributed by atoms with van der Waals surface area (Å²) in [6.07, 6.45) is 3.59. The van der Waals surface area contributed by atoms with Crippen molar-refractivity contribution in [1.82, 2.24) is 4.90 Å². The van der Waals surface area contributed by atoms with Gasteiger partial charge in [-0.2, -0.15) is 0 Å². The number of nitrogens with one attached hydrogen (secondary N) is 1. The molecule has 0 radical (unpaired) electrons. The Morgan fingerprint density at radius 2 is 1.96 bits per heavy atom. The number of benzene rings is 1. The van der Waals surface area contributed by atoms with Crippen LogP contribution in [0.2, 0.25) is 0 Å². The predicted octanol–water partition coefficient (Wildman–Crippen LogP) is 4.24. The average molecular weight is 355 g/mol. The summed E-state index contributed by atoms with van der Waals surface area (Å²) >= 11 is 1.70. The molecule has 6 heteroatoms. The molecule has 0 aliphatic carbocycles. The normalized spacial score (nSPS) is 20.3. The van der Waals surface area contributed by atoms with E-state index in [0.717, 1.165) is 43.7 Å². The summed E-state index contributed by atoms with van der Waals surface area (Å²) in [6.45, 7) is 1.57. The Balaban J connectivity index is 1.43. The first-order valence-electron chi connectivity index (χ1n) is 8.74. The fraction of sp³-hybridized carbons (Fsp3) is 0.368. The lowest BCUT2D eigenvalue weighted by molar-refractivity contribution is -0.117. The van der Waals surface area contributed by atoms with Crippen LogP contribution < -0.4 is 10.2 Å². The number of rotatable bonds is 3. The highest BCUT2D eigenvalue weighted by molar-refractivity contribution is 7.10. The molecule has 5 nitrogen and oxygen atoms in total. The molecule has 0 unspecified atom stereocenters. The maximum absolute atomic E-state index is 12.7. The second kappa shape index (κ2) is 6.88. The SMILES string of the molecule is O=C1CCCN1c1ccc(NC(=O)N2CCC[C@H]2c2cccs2)cc1. The van der Waals surface area contributed by atoms with Crippen LogP contribution in [-0.2, 0) is 4.79 Å². The van der Waals surface area contributed by atoms with Crippen molar-refractivity contribution in [3.8, 4) is 0 Å². The molecular weight excluding hydrogens is 334 g/mol. The van der Waals surface area contributed by atoms with E-state index >= 15 is 0 Å². The van der Waals surface area contributed by atoms with Crippen LogP contribution in [0.3, 0.4) is 0 Å². The van der Waals surface area contributed by atoms with E-state index in [4.69, 9.17) is 0 Å². The van der Waals surface area contributed by atoms with E-state index in [9.17, 15) is 9.59 Å². The van der Waals surface area contributed by atoms with Crippen LogP contribution in [0.5, 0.6) is 0 Å². The monoisotopic (exact) mass is 355 g/mol. The van der Waals surface area contributed by atoms with Gasteiger partial charge in [-0.1, -0.05) is 6.07 Å². The Kier molecular flexibility index (Phi) is 4.44. The molecule has 3 amide bonds. The standard InChI is InChI=1S/C19H21N3O2S/c23-18-6-2-11-21(18)15-9-7-14(8-10-15)20-19(24)22-12-1-4-16(22)17-5-3-13-25-17/h3,5,7-10,13,16H,1-2,4,6,11-12H2,(H,20,24)/t16-/m0/s1. The van der Waals surface area contributed by atoms with E-state index in [1.165, 1.54) is 4.88 Å². The first-order chi connectivity index (χ1) is 12.2. The maximum atomic E-state index is 12.7. The topological polar surface area (TPSA) is 52.7 Å². The van der Waals surface area contributed by atoms with Gasteiger partial charge in [-0.3, -0.25) is 4.79 Å². The summed E-state index contributed by atoms with van der Waals surface area (Å²) in [5.41, 5.74) is 1.66. The van der Waals surface area contributed by atoms with E-state index in [2.05, 4.69) is 16.8 Å². The fourth-order valence-corrected chi connectivity index (χ4v) is 4.50. The number of nitrogens with zero attached hydrogens (tertiary/aromatic N) is 2. The van der Waals surface area contributed by atoms with E-state index < -0.39 is 0 Å². The van der Waals surface area contributed by atoms with Crippen molar-refractivity contribution in [2.45, 2.75) is 31.7 Å². The summed E-state index contributed by atoms with van der Waals surface area (Å²) in [5.74, 6) is 0.174. The Morgan fingerprint density at radius 1 is 1.12 bits per heavy atom. The Morgan fingerprint density at radius 3 is 2.64 bits per heavy atom. The molecule has 2 fully saturated rings. The minimum atomic E-state index is -0.0547. The Labute approximate surface area is 151 Å². The molecule has 1 atom stereocenters. The van der Waals surface area contributed by atoms with Crippen molar-refractivity contribution in [2.75, 3.05) is 23.3 Å². The highest BCUT2D eigenvalue weighted by Crippen LogP contribution is 2.35. The smallest absolute Gasteiger partial charge is 0.317 e. The zero-order valence-electron chi connectivity index (χ0n) is 14.0. The van der Waals surface area contributed by atoms with E-state index in [-0.39, 0.29) is 18.0 Å². The highest BCUT2D eigenvalue weighted by atomic mass is 32.1. The van der Waals surface area contributed by atoms with E-state index in [0.29, 0.717) is 6.42 Å². The lowest BCUT2D eigenvalue weighted by atomic mass is 10.2. The molecule has 4 rings (SSSR count). The zero-order chi connectivity index (χ0) is 17.2. The molecule has 25 heavy (non-hydrogen) atoms. The average Bonchev–Trinajstić information content (AvgIpc) is 3.36. The molecule has 0 saturated carbocycles. The summed E-state index contributed by atoms with van der Waals surface area (Å²) in [5, 5.41) is 5.05. The molecule has 1 N–H and O–H groups in total. The second-order valence-corrected chi connectivity index (χ2v) is 7.47. The fourth-order valence-electron chi connectivity index (χ4n) is 3.63. The van der Waals surface area contributed by atoms with Gasteiger partial charge < -0.3 is 15.1 Å². The van der Waals surface area contributed by atoms with Crippen LogP contribution in [-0.4, -0.2) is 29.9 Å². The third kappa shape index (κ3) is 3.26. The van der Waals surface area contributed by atoms with Crippen LogP contribution in [0, 0.1) is 0 Å². The molecule has 2 saturated heterocycles. The summed E-state index contributed by atoms with van der Waals surface area (Å²) in [6, 6.07) is 11.8. The van der Waals surface area contributed by atoms with Gasteiger partial charge in [0, 0.05) is 35.8 Å². The predicted molar refractivity (Wildman–Crippen MR) is 100 cm³/mol. The lowest BCUT2D eigenvalue weighted by Gasteiger charge is -2.24. The molecule has 1 aromatic carbocycles. The van der Waals surface area contributed by atoms with Crippen molar-refractivity contribution in [1.29, 1.82) is 0 Å². The van der Waals surface area contributed by atoms with Gasteiger partial charge in [0.05, 0.1) is 6.04 Å². The minimum Gasteiger partial charge on any atom is -0.317 e. The molecule has 3 heterocycles. The summed E-state index contributed by atoms with van der Waals surface area (Å²) < 4.78 is 0. The zero-order valence-corrected chi connectivity index (χ0v) is 14.8. The van der Waals surface area contributed by atoms with Gasteiger partial charge in [-0.15, -0.1) is 11.3 Å². The van der Waals surface area contributed by atoms with Crippen molar-refractivity contribution >= 4 is 34.6 Å². The largest absolute Gasteiger partial charge is 0.322 e. The molecular formula is C19H21N3O2S. The number of urea groups is 1. The van der Waals surface area contributed by atoms with Crippen molar-refractivity contribution in [2.24, 2.45) is 0 Å². The van der Waals surface area contributed by atoms with Crippen molar-refractivity contribution in [3.63, 3.8) is 0 Å². The summed E-state index contributed by atoms with van der Waals surface area (Å²) in [7, 11) is 0. The first-order valence-corrected chi connectivity index (χ1v) is 9.62. The van der Waals surface area contributed by atoms with E-state index in [1.54, 1.807) is 16.2 Å². The number of thiophene rings is 1. The van der Waals surface area contributed by atoms with Gasteiger partial charge >= 0.3 is 6.03 Å². The minimum absolute atomic E-state index is 0.0547. The molecule has 2 aliphatic heterocycles. The lowest BCUT2D eigenvalue weighted by Crippen LogP contribution is -2.34. The van der Waals surface area contributed by atoms with Gasteiger partial charge in [0.15, 0.2) is 0 Å². The van der Waals surface area contributed by atoms with Gasteiger partial charge in [0.25, 0.3) is 0 Å². The van der Waals surface area contributed by atoms with Crippen molar-refractivity contribution < 1.29 is 9.59 Å². The van der Waals surface area contributed by atoms with E-state index in [1.807, 2.05) is 35.2 Å². The van der Waals surface area contributed by atoms with Crippen LogP contribution in [0.25, 0.3) is 0 Å². The number of amides is 3. The first kappa shape index (κ1) is 16.1. The van der Waals surface area contributed by atoms with Crippen LogP contribution in [0.15, 0.2) is 41.8 Å². The number of hydrogen-bond donors (Lipinski definition) is 1. The van der Waals surface area contributed by atoms with Crippen molar-refractivity contribution in [3.05, 3.63) is 46.7 Å². The van der Waals surface area contributed by atoms with Crippen LogP contribution >= 0.6 is 11.3 Å². The third-order valence-corrected chi connectivity index (χ3v) is 5.86. The number of anilines is 2. The number of likely N-dealkylation sites (tertiary alicyclic amines) is 1. The second-order valence-electron chi connectivity index (χ2n) is 6.49. The molecule has 0 bridgehead atoms. The van der Waals surface area contributed by atoms with Crippen LogP contribution in [0.4, 0.5) is 16.2 Å². The highest BCUT2D eigenvalue weighted by Gasteiger charge is 2.30. The third-order valence-electron chi connectivity index (χ3n) is 4.89. The maximum Gasteiger partial charge on any atom is 0.322 e. The number of carbonyl (C=O) groups excluding carboxylic acids is 2. The Hall–Kier alpha value is -2.34. The number of carbonyl (C=O) groups is 2. The van der Waals surface area contributed by atoms with Gasteiger partial charge in [0.2, 0.25) is 5.91 Å². The summed E-state index contributed by atoms with van der Waals surface area (Å²) in [4.78, 5) is 29.4.